The molecule has 0 saturated carbocycles. The third-order valence-corrected chi connectivity index (χ3v) is 3.72. The zero-order valence-corrected chi connectivity index (χ0v) is 11.6. The minimum Gasteiger partial charge on any atom is -0.493 e. The first-order valence-electron chi connectivity index (χ1n) is 6.51. The van der Waals surface area contributed by atoms with Gasteiger partial charge in [-0.1, -0.05) is 29.8 Å². The van der Waals surface area contributed by atoms with E-state index in [0.29, 0.717) is 23.7 Å². The normalized spacial score (nSPS) is 12.7. The largest absolute Gasteiger partial charge is 0.493 e. The molecule has 1 N–H and O–H groups in total. The van der Waals surface area contributed by atoms with Crippen LogP contribution in [0.5, 0.6) is 5.75 Å². The molecule has 4 heteroatoms. The number of carbonyl (C=O) groups is 1. The van der Waals surface area contributed by atoms with Gasteiger partial charge in [0.15, 0.2) is 0 Å². The summed E-state index contributed by atoms with van der Waals surface area (Å²) in [6.07, 6.45) is 0.862. The minimum absolute atomic E-state index is 0.0976. The summed E-state index contributed by atoms with van der Waals surface area (Å²) in [5, 5.41) is 3.55. The maximum atomic E-state index is 12.1. The van der Waals surface area contributed by atoms with Gasteiger partial charge in [-0.05, 0) is 35.4 Å². The summed E-state index contributed by atoms with van der Waals surface area (Å²) in [6, 6.07) is 13.0. The highest BCUT2D eigenvalue weighted by Gasteiger charge is 2.15. The van der Waals surface area contributed by atoms with Crippen molar-refractivity contribution in [3.8, 4) is 5.75 Å². The smallest absolute Gasteiger partial charge is 0.251 e. The van der Waals surface area contributed by atoms with Gasteiger partial charge in [-0.3, -0.25) is 4.79 Å². The first-order valence-corrected chi connectivity index (χ1v) is 6.89. The quantitative estimate of drug-likeness (QED) is 0.941. The number of rotatable bonds is 3. The monoisotopic (exact) mass is 287 g/mol. The maximum Gasteiger partial charge on any atom is 0.251 e. The highest BCUT2D eigenvalue weighted by molar-refractivity contribution is 6.31. The number of fused-ring (bicyclic) bond motifs is 1. The highest BCUT2D eigenvalue weighted by atomic mass is 35.5. The number of hydrogen-bond donors (Lipinski definition) is 1. The van der Waals surface area contributed by atoms with Gasteiger partial charge in [-0.25, -0.2) is 0 Å². The first-order chi connectivity index (χ1) is 9.74. The van der Waals surface area contributed by atoms with Crippen LogP contribution in [0.25, 0.3) is 0 Å². The van der Waals surface area contributed by atoms with Gasteiger partial charge in [0.05, 0.1) is 6.61 Å². The fourth-order valence-corrected chi connectivity index (χ4v) is 2.45. The molecule has 0 saturated heterocycles. The fourth-order valence-electron chi connectivity index (χ4n) is 2.25. The Morgan fingerprint density at radius 3 is 2.95 bits per heavy atom. The number of ether oxygens (including phenoxy) is 1. The van der Waals surface area contributed by atoms with E-state index >= 15 is 0 Å². The summed E-state index contributed by atoms with van der Waals surface area (Å²) in [4.78, 5) is 12.1. The van der Waals surface area contributed by atoms with Gasteiger partial charge in [0.2, 0.25) is 0 Å². The number of benzene rings is 2. The Labute approximate surface area is 122 Å². The summed E-state index contributed by atoms with van der Waals surface area (Å²) in [5.41, 5.74) is 2.66. The van der Waals surface area contributed by atoms with Crippen molar-refractivity contribution in [2.24, 2.45) is 0 Å². The lowest BCUT2D eigenvalue weighted by molar-refractivity contribution is 0.0951. The molecule has 3 nitrogen and oxygen atoms in total. The molecule has 0 fully saturated rings. The zero-order chi connectivity index (χ0) is 13.9. The second-order valence-electron chi connectivity index (χ2n) is 4.70. The Morgan fingerprint density at radius 1 is 1.25 bits per heavy atom. The second kappa shape index (κ2) is 5.55. The molecule has 20 heavy (non-hydrogen) atoms. The summed E-state index contributed by atoms with van der Waals surface area (Å²) in [5.74, 6) is 0.785. The number of carbonyl (C=O) groups excluding carboxylic acids is 1. The van der Waals surface area contributed by atoms with Crippen LogP contribution in [0.1, 0.15) is 21.5 Å². The molecule has 2 aromatic rings. The molecule has 0 aliphatic carbocycles. The van der Waals surface area contributed by atoms with Gasteiger partial charge in [0, 0.05) is 23.6 Å². The summed E-state index contributed by atoms with van der Waals surface area (Å²) in [6.45, 7) is 1.12. The van der Waals surface area contributed by atoms with Crippen molar-refractivity contribution in [1.82, 2.24) is 5.32 Å². The van der Waals surface area contributed by atoms with Crippen LogP contribution in [0.2, 0.25) is 5.02 Å². The molecule has 0 spiro atoms. The van der Waals surface area contributed by atoms with Crippen LogP contribution in [0, 0.1) is 0 Å². The fraction of sp³-hybridized carbons (Fsp3) is 0.188. The van der Waals surface area contributed by atoms with Gasteiger partial charge in [0.25, 0.3) is 5.91 Å². The number of amides is 1. The second-order valence-corrected chi connectivity index (χ2v) is 5.10. The molecule has 0 unspecified atom stereocenters. The number of nitrogens with one attached hydrogen (secondary N) is 1. The van der Waals surface area contributed by atoms with E-state index in [1.165, 1.54) is 0 Å². The van der Waals surface area contributed by atoms with Gasteiger partial charge in [-0.2, -0.15) is 0 Å². The van der Waals surface area contributed by atoms with Crippen molar-refractivity contribution in [3.63, 3.8) is 0 Å². The van der Waals surface area contributed by atoms with Crippen LogP contribution in [0.4, 0.5) is 0 Å². The first kappa shape index (κ1) is 13.0. The van der Waals surface area contributed by atoms with Crippen LogP contribution in [0.15, 0.2) is 42.5 Å². The van der Waals surface area contributed by atoms with Crippen LogP contribution in [-0.4, -0.2) is 12.5 Å². The van der Waals surface area contributed by atoms with Crippen LogP contribution >= 0.6 is 11.6 Å². The standard InChI is InChI=1S/C16H14ClNO2/c17-14-4-2-1-3-13(14)10-18-16(19)12-5-6-15-11(9-12)7-8-20-15/h1-6,9H,7-8,10H2,(H,18,19). The van der Waals surface area contributed by atoms with E-state index < -0.39 is 0 Å². The van der Waals surface area contributed by atoms with Crippen LogP contribution in [0.3, 0.4) is 0 Å². The third-order valence-electron chi connectivity index (χ3n) is 3.35. The molecular formula is C16H14ClNO2. The van der Waals surface area contributed by atoms with Crippen LogP contribution < -0.4 is 10.1 Å². The van der Waals surface area contributed by atoms with Crippen molar-refractivity contribution < 1.29 is 9.53 Å². The summed E-state index contributed by atoms with van der Waals surface area (Å²) in [7, 11) is 0. The van der Waals surface area contributed by atoms with Crippen molar-refractivity contribution in [2.45, 2.75) is 13.0 Å². The summed E-state index contributed by atoms with van der Waals surface area (Å²) >= 11 is 6.06. The van der Waals surface area contributed by atoms with Crippen LogP contribution in [-0.2, 0) is 13.0 Å². The molecular weight excluding hydrogens is 274 g/mol. The Morgan fingerprint density at radius 2 is 2.10 bits per heavy atom. The molecule has 0 bridgehead atoms. The van der Waals surface area contributed by atoms with E-state index in [2.05, 4.69) is 5.32 Å². The molecule has 0 radical (unpaired) electrons. The van der Waals surface area contributed by atoms with E-state index in [0.717, 1.165) is 23.3 Å². The van der Waals surface area contributed by atoms with Crippen molar-refractivity contribution >= 4 is 17.5 Å². The highest BCUT2D eigenvalue weighted by Crippen LogP contribution is 2.25. The number of halogens is 1. The van der Waals surface area contributed by atoms with E-state index in [-0.39, 0.29) is 5.91 Å². The minimum atomic E-state index is -0.0976. The maximum absolute atomic E-state index is 12.1. The topological polar surface area (TPSA) is 38.3 Å². The predicted octanol–water partition coefficient (Wildman–Crippen LogP) is 3.20. The third kappa shape index (κ3) is 2.63. The Hall–Kier alpha value is -2.00. The van der Waals surface area contributed by atoms with Gasteiger partial charge in [-0.15, -0.1) is 0 Å². The van der Waals surface area contributed by atoms with Crippen molar-refractivity contribution in [2.75, 3.05) is 6.61 Å². The van der Waals surface area contributed by atoms with E-state index in [9.17, 15) is 4.79 Å². The Balaban J connectivity index is 1.69. The van der Waals surface area contributed by atoms with Crippen molar-refractivity contribution in [1.29, 1.82) is 0 Å². The van der Waals surface area contributed by atoms with Gasteiger partial charge >= 0.3 is 0 Å². The molecule has 1 aliphatic rings. The lowest BCUT2D eigenvalue weighted by Gasteiger charge is -2.08. The van der Waals surface area contributed by atoms with E-state index in [1.807, 2.05) is 36.4 Å². The van der Waals surface area contributed by atoms with Gasteiger partial charge < -0.3 is 10.1 Å². The molecule has 0 atom stereocenters. The lowest BCUT2D eigenvalue weighted by atomic mass is 10.1. The molecule has 1 aliphatic heterocycles. The molecule has 102 valence electrons. The molecule has 2 aromatic carbocycles. The average molecular weight is 288 g/mol. The molecule has 0 aromatic heterocycles. The Kier molecular flexibility index (Phi) is 3.61. The molecule has 1 amide bonds. The van der Waals surface area contributed by atoms with Gasteiger partial charge in [0.1, 0.15) is 5.75 Å². The van der Waals surface area contributed by atoms with Crippen molar-refractivity contribution in [3.05, 3.63) is 64.2 Å². The zero-order valence-electron chi connectivity index (χ0n) is 10.9. The lowest BCUT2D eigenvalue weighted by Crippen LogP contribution is -2.23. The molecule has 3 rings (SSSR count). The van der Waals surface area contributed by atoms with E-state index in [4.69, 9.17) is 16.3 Å². The summed E-state index contributed by atoms with van der Waals surface area (Å²) < 4.78 is 5.43. The molecule has 1 heterocycles. The predicted molar refractivity (Wildman–Crippen MR) is 78.3 cm³/mol. The number of hydrogen-bond acceptors (Lipinski definition) is 2. The average Bonchev–Trinajstić information content (AvgIpc) is 2.93. The SMILES string of the molecule is O=C(NCc1ccccc1Cl)c1ccc2c(c1)CCO2. The van der Waals surface area contributed by atoms with E-state index in [1.54, 1.807) is 6.07 Å². The Bertz CT molecular complexity index is 655.